The molecule has 0 amide bonds. The largest absolute Gasteiger partial charge is 0.465 e. The van der Waals surface area contributed by atoms with Gasteiger partial charge < -0.3 is 4.74 Å². The summed E-state index contributed by atoms with van der Waals surface area (Å²) in [5, 5.41) is 3.37. The Balaban J connectivity index is 1.84. The fourth-order valence-electron chi connectivity index (χ4n) is 4.06. The minimum Gasteiger partial charge on any atom is -0.465 e. The molecule has 3 nitrogen and oxygen atoms in total. The van der Waals surface area contributed by atoms with Crippen LogP contribution in [0.2, 0.25) is 0 Å². The molecule has 0 saturated carbocycles. The molecule has 0 radical (unpaired) electrons. The summed E-state index contributed by atoms with van der Waals surface area (Å²) < 4.78 is 5.00. The zero-order chi connectivity index (χ0) is 17.7. The number of methoxy groups -OCH3 is 1. The first-order valence-electron chi connectivity index (χ1n) is 8.78. The number of hydrogen-bond acceptors (Lipinski definition) is 3. The first-order valence-corrected chi connectivity index (χ1v) is 8.78. The molecule has 0 bridgehead atoms. The van der Waals surface area contributed by atoms with Crippen LogP contribution < -0.4 is 0 Å². The molecule has 0 aliphatic heterocycles. The second-order valence-electron chi connectivity index (χ2n) is 6.68. The highest BCUT2D eigenvalue weighted by Crippen LogP contribution is 2.37. The van der Waals surface area contributed by atoms with Crippen molar-refractivity contribution >= 4 is 27.6 Å². The van der Waals surface area contributed by atoms with Crippen molar-refractivity contribution in [3.63, 3.8) is 0 Å². The SMILES string of the molecule is COC(=O)c1cc(-c2ccc3c4c(cccc24)CC3)nc2ccccc12. The third-order valence-electron chi connectivity index (χ3n) is 5.27. The Morgan fingerprint density at radius 1 is 0.923 bits per heavy atom. The van der Waals surface area contributed by atoms with E-state index in [1.165, 1.54) is 29.0 Å². The zero-order valence-corrected chi connectivity index (χ0v) is 14.5. The van der Waals surface area contributed by atoms with Crippen molar-refractivity contribution in [3.8, 4) is 11.3 Å². The van der Waals surface area contributed by atoms with Crippen LogP contribution in [0.25, 0.3) is 32.9 Å². The highest BCUT2D eigenvalue weighted by Gasteiger charge is 2.19. The Bertz CT molecular complexity index is 1180. The van der Waals surface area contributed by atoms with E-state index in [0.717, 1.165) is 35.0 Å². The molecular formula is C23H17NO2. The van der Waals surface area contributed by atoms with Crippen molar-refractivity contribution in [1.82, 2.24) is 4.98 Å². The summed E-state index contributed by atoms with van der Waals surface area (Å²) in [6.07, 6.45) is 2.18. The normalized spacial score (nSPS) is 12.7. The number of esters is 1. The number of rotatable bonds is 2. The standard InChI is InChI=1S/C23H17NO2/c1-26-23(25)19-13-21(24-20-8-3-2-6-16(19)20)17-12-11-15-10-9-14-5-4-7-18(17)22(14)15/h2-8,11-13H,9-10H2,1H3. The molecule has 126 valence electrons. The number of nitrogens with zero attached hydrogens (tertiary/aromatic N) is 1. The summed E-state index contributed by atoms with van der Waals surface area (Å²) in [5.41, 5.74) is 6.01. The summed E-state index contributed by atoms with van der Waals surface area (Å²) in [4.78, 5) is 17.2. The van der Waals surface area contributed by atoms with Gasteiger partial charge in [-0.1, -0.05) is 48.5 Å². The molecule has 0 atom stereocenters. The van der Waals surface area contributed by atoms with Gasteiger partial charge in [0.05, 0.1) is 23.9 Å². The van der Waals surface area contributed by atoms with Crippen LogP contribution in [0.4, 0.5) is 0 Å². The molecule has 0 spiro atoms. The molecule has 1 aromatic heterocycles. The number of hydrogen-bond donors (Lipinski definition) is 0. The summed E-state index contributed by atoms with van der Waals surface area (Å²) >= 11 is 0. The van der Waals surface area contributed by atoms with E-state index >= 15 is 0 Å². The van der Waals surface area contributed by atoms with Gasteiger partial charge in [-0.3, -0.25) is 0 Å². The zero-order valence-electron chi connectivity index (χ0n) is 14.5. The molecule has 5 rings (SSSR count). The highest BCUT2D eigenvalue weighted by atomic mass is 16.5. The minimum atomic E-state index is -0.337. The van der Waals surface area contributed by atoms with E-state index in [4.69, 9.17) is 9.72 Å². The van der Waals surface area contributed by atoms with Crippen LogP contribution in [0.15, 0.2) is 60.7 Å². The van der Waals surface area contributed by atoms with Crippen molar-refractivity contribution in [3.05, 3.63) is 77.4 Å². The number of benzene rings is 3. The van der Waals surface area contributed by atoms with E-state index in [1.807, 2.05) is 30.3 Å². The number of carbonyl (C=O) groups excluding carboxylic acids is 1. The maximum absolute atomic E-state index is 12.3. The maximum Gasteiger partial charge on any atom is 0.338 e. The Labute approximate surface area is 151 Å². The number of fused-ring (bicyclic) bond motifs is 1. The van der Waals surface area contributed by atoms with Crippen LogP contribution in [-0.2, 0) is 17.6 Å². The monoisotopic (exact) mass is 339 g/mol. The second kappa shape index (κ2) is 5.67. The van der Waals surface area contributed by atoms with Gasteiger partial charge in [0, 0.05) is 10.9 Å². The molecule has 26 heavy (non-hydrogen) atoms. The van der Waals surface area contributed by atoms with Crippen LogP contribution in [0.5, 0.6) is 0 Å². The van der Waals surface area contributed by atoms with Gasteiger partial charge in [-0.15, -0.1) is 0 Å². The van der Waals surface area contributed by atoms with Crippen molar-refractivity contribution < 1.29 is 9.53 Å². The van der Waals surface area contributed by atoms with Crippen LogP contribution in [0.1, 0.15) is 21.5 Å². The number of aromatic nitrogens is 1. The van der Waals surface area contributed by atoms with E-state index in [-0.39, 0.29) is 5.97 Å². The number of aryl methyl sites for hydroxylation is 2. The highest BCUT2D eigenvalue weighted by molar-refractivity contribution is 6.07. The Morgan fingerprint density at radius 2 is 1.69 bits per heavy atom. The Morgan fingerprint density at radius 3 is 2.54 bits per heavy atom. The van der Waals surface area contributed by atoms with Crippen molar-refractivity contribution in [2.45, 2.75) is 12.8 Å². The third kappa shape index (κ3) is 2.14. The number of pyridine rings is 1. The molecule has 1 heterocycles. The molecule has 0 saturated heterocycles. The smallest absolute Gasteiger partial charge is 0.338 e. The summed E-state index contributed by atoms with van der Waals surface area (Å²) in [7, 11) is 1.41. The van der Waals surface area contributed by atoms with Crippen LogP contribution in [-0.4, -0.2) is 18.1 Å². The number of ether oxygens (including phenoxy) is 1. The van der Waals surface area contributed by atoms with Crippen LogP contribution in [0.3, 0.4) is 0 Å². The average Bonchev–Trinajstić information content (AvgIpc) is 3.12. The second-order valence-corrected chi connectivity index (χ2v) is 6.68. The van der Waals surface area contributed by atoms with Crippen molar-refractivity contribution in [2.75, 3.05) is 7.11 Å². The predicted octanol–water partition coefficient (Wildman–Crippen LogP) is 4.94. The summed E-state index contributed by atoms with van der Waals surface area (Å²) in [5.74, 6) is -0.337. The average molecular weight is 339 g/mol. The Kier molecular flexibility index (Phi) is 3.29. The van der Waals surface area contributed by atoms with Crippen molar-refractivity contribution in [1.29, 1.82) is 0 Å². The number of para-hydroxylation sites is 1. The van der Waals surface area contributed by atoms with Gasteiger partial charge in [0.25, 0.3) is 0 Å². The molecule has 0 fully saturated rings. The molecular weight excluding hydrogens is 322 g/mol. The van der Waals surface area contributed by atoms with E-state index < -0.39 is 0 Å². The maximum atomic E-state index is 12.3. The lowest BCUT2D eigenvalue weighted by atomic mass is 9.96. The predicted molar refractivity (Wildman–Crippen MR) is 103 cm³/mol. The fourth-order valence-corrected chi connectivity index (χ4v) is 4.06. The van der Waals surface area contributed by atoms with Gasteiger partial charge in [-0.2, -0.15) is 0 Å². The minimum absolute atomic E-state index is 0.337. The van der Waals surface area contributed by atoms with E-state index in [0.29, 0.717) is 5.56 Å². The molecule has 4 aromatic rings. The van der Waals surface area contributed by atoms with Gasteiger partial charge in [-0.25, -0.2) is 9.78 Å². The Hall–Kier alpha value is -3.20. The van der Waals surface area contributed by atoms with Gasteiger partial charge in [0.1, 0.15) is 0 Å². The lowest BCUT2D eigenvalue weighted by Crippen LogP contribution is -2.04. The first kappa shape index (κ1) is 15.1. The van der Waals surface area contributed by atoms with E-state index in [1.54, 1.807) is 0 Å². The van der Waals surface area contributed by atoms with Gasteiger partial charge in [0.15, 0.2) is 0 Å². The lowest BCUT2D eigenvalue weighted by Gasteiger charge is -2.12. The number of carbonyl (C=O) groups is 1. The lowest BCUT2D eigenvalue weighted by molar-refractivity contribution is 0.0603. The first-order chi connectivity index (χ1) is 12.8. The molecule has 3 heteroatoms. The van der Waals surface area contributed by atoms with E-state index in [2.05, 4.69) is 30.3 Å². The molecule has 0 unspecified atom stereocenters. The fraction of sp³-hybridized carbons (Fsp3) is 0.130. The summed E-state index contributed by atoms with van der Waals surface area (Å²) in [6.45, 7) is 0. The molecule has 3 aromatic carbocycles. The topological polar surface area (TPSA) is 39.2 Å². The molecule has 1 aliphatic rings. The van der Waals surface area contributed by atoms with Crippen LogP contribution >= 0.6 is 0 Å². The molecule has 1 aliphatic carbocycles. The summed E-state index contributed by atoms with van der Waals surface area (Å²) in [6, 6.07) is 20.3. The van der Waals surface area contributed by atoms with Gasteiger partial charge >= 0.3 is 5.97 Å². The van der Waals surface area contributed by atoms with E-state index in [9.17, 15) is 4.79 Å². The van der Waals surface area contributed by atoms with Crippen molar-refractivity contribution in [2.24, 2.45) is 0 Å². The quantitative estimate of drug-likeness (QED) is 0.486. The third-order valence-corrected chi connectivity index (χ3v) is 5.27. The van der Waals surface area contributed by atoms with Gasteiger partial charge in [-0.05, 0) is 46.9 Å². The van der Waals surface area contributed by atoms with Gasteiger partial charge in [0.2, 0.25) is 0 Å². The van der Waals surface area contributed by atoms with Crippen LogP contribution in [0, 0.1) is 0 Å². The molecule has 0 N–H and O–H groups in total.